The SMILES string of the molecule is CCCC(C)(O)Cc1sccc1Br. The van der Waals surface area contributed by atoms with E-state index in [9.17, 15) is 5.11 Å². The van der Waals surface area contributed by atoms with E-state index in [0.29, 0.717) is 0 Å². The number of thiophene rings is 1. The molecule has 0 aliphatic carbocycles. The molecule has 0 aliphatic rings. The maximum absolute atomic E-state index is 10.00. The predicted molar refractivity (Wildman–Crippen MR) is 61.3 cm³/mol. The Hall–Kier alpha value is 0.140. The van der Waals surface area contributed by atoms with Crippen LogP contribution in [0.5, 0.6) is 0 Å². The van der Waals surface area contributed by atoms with Gasteiger partial charge in [0.15, 0.2) is 0 Å². The molecule has 0 aliphatic heterocycles. The second-order valence-electron chi connectivity index (χ2n) is 3.62. The average molecular weight is 263 g/mol. The van der Waals surface area contributed by atoms with Crippen molar-refractivity contribution in [2.45, 2.75) is 38.7 Å². The first-order valence-corrected chi connectivity index (χ1v) is 6.16. The Bertz CT molecular complexity index is 268. The summed E-state index contributed by atoms with van der Waals surface area (Å²) in [4.78, 5) is 1.23. The van der Waals surface area contributed by atoms with Gasteiger partial charge in [-0.05, 0) is 40.7 Å². The van der Waals surface area contributed by atoms with Gasteiger partial charge in [0.2, 0.25) is 0 Å². The summed E-state index contributed by atoms with van der Waals surface area (Å²) in [6.07, 6.45) is 2.63. The molecule has 74 valence electrons. The second-order valence-corrected chi connectivity index (χ2v) is 5.47. The van der Waals surface area contributed by atoms with Crippen LogP contribution in [0.25, 0.3) is 0 Å². The Labute approximate surface area is 91.9 Å². The first-order valence-electron chi connectivity index (χ1n) is 4.49. The van der Waals surface area contributed by atoms with Crippen molar-refractivity contribution in [1.29, 1.82) is 0 Å². The monoisotopic (exact) mass is 262 g/mol. The minimum Gasteiger partial charge on any atom is -0.390 e. The minimum absolute atomic E-state index is 0.553. The number of rotatable bonds is 4. The fourth-order valence-corrected chi connectivity index (χ4v) is 3.10. The van der Waals surface area contributed by atoms with E-state index in [2.05, 4.69) is 22.9 Å². The summed E-state index contributed by atoms with van der Waals surface area (Å²) >= 11 is 5.16. The molecule has 0 bridgehead atoms. The van der Waals surface area contributed by atoms with Crippen molar-refractivity contribution in [3.05, 3.63) is 20.8 Å². The molecule has 0 spiro atoms. The quantitative estimate of drug-likeness (QED) is 0.879. The molecular formula is C10H15BrOS. The van der Waals surface area contributed by atoms with Crippen LogP contribution in [-0.4, -0.2) is 10.7 Å². The molecule has 0 radical (unpaired) electrons. The molecule has 0 fully saturated rings. The van der Waals surface area contributed by atoms with E-state index < -0.39 is 5.60 Å². The first kappa shape index (κ1) is 11.2. The van der Waals surface area contributed by atoms with Crippen molar-refractivity contribution < 1.29 is 5.11 Å². The lowest BCUT2D eigenvalue weighted by molar-refractivity contribution is 0.0512. The van der Waals surface area contributed by atoms with Gasteiger partial charge in [0.05, 0.1) is 5.60 Å². The number of halogens is 1. The highest BCUT2D eigenvalue weighted by atomic mass is 79.9. The van der Waals surface area contributed by atoms with E-state index in [0.717, 1.165) is 23.7 Å². The Morgan fingerprint density at radius 1 is 1.62 bits per heavy atom. The lowest BCUT2D eigenvalue weighted by Gasteiger charge is -2.21. The Balaban J connectivity index is 2.63. The van der Waals surface area contributed by atoms with Crippen LogP contribution in [0.3, 0.4) is 0 Å². The Kier molecular flexibility index (Phi) is 3.95. The van der Waals surface area contributed by atoms with Crippen molar-refractivity contribution in [3.8, 4) is 0 Å². The van der Waals surface area contributed by atoms with Gasteiger partial charge >= 0.3 is 0 Å². The summed E-state index contributed by atoms with van der Waals surface area (Å²) in [5, 5.41) is 12.0. The summed E-state index contributed by atoms with van der Waals surface area (Å²) in [6, 6.07) is 2.03. The lowest BCUT2D eigenvalue weighted by atomic mass is 9.96. The summed E-state index contributed by atoms with van der Waals surface area (Å²) in [6.45, 7) is 4.00. The van der Waals surface area contributed by atoms with E-state index in [1.54, 1.807) is 11.3 Å². The van der Waals surface area contributed by atoms with E-state index in [4.69, 9.17) is 0 Å². The molecule has 0 saturated heterocycles. The van der Waals surface area contributed by atoms with E-state index in [1.807, 2.05) is 18.4 Å². The fraction of sp³-hybridized carbons (Fsp3) is 0.600. The van der Waals surface area contributed by atoms with Crippen LogP contribution in [0.1, 0.15) is 31.6 Å². The molecule has 1 nitrogen and oxygen atoms in total. The number of hydrogen-bond donors (Lipinski definition) is 1. The van der Waals surface area contributed by atoms with Crippen molar-refractivity contribution in [1.82, 2.24) is 0 Å². The maximum Gasteiger partial charge on any atom is 0.0668 e. The molecule has 1 rings (SSSR count). The van der Waals surface area contributed by atoms with Gasteiger partial charge in [-0.15, -0.1) is 11.3 Å². The molecule has 1 atom stereocenters. The first-order chi connectivity index (χ1) is 6.05. The molecule has 1 N–H and O–H groups in total. The van der Waals surface area contributed by atoms with Crippen LogP contribution in [0, 0.1) is 0 Å². The number of aliphatic hydroxyl groups is 1. The summed E-state index contributed by atoms with van der Waals surface area (Å²) in [5.74, 6) is 0. The van der Waals surface area contributed by atoms with E-state index in [1.165, 1.54) is 4.88 Å². The van der Waals surface area contributed by atoms with E-state index in [-0.39, 0.29) is 0 Å². The topological polar surface area (TPSA) is 20.2 Å². The minimum atomic E-state index is -0.553. The van der Waals surface area contributed by atoms with Crippen LogP contribution in [0.4, 0.5) is 0 Å². The molecule has 13 heavy (non-hydrogen) atoms. The van der Waals surface area contributed by atoms with Crippen LogP contribution in [0.15, 0.2) is 15.9 Å². The number of hydrogen-bond acceptors (Lipinski definition) is 2. The van der Waals surface area contributed by atoms with Gasteiger partial charge in [0, 0.05) is 15.8 Å². The molecule has 1 aromatic heterocycles. The zero-order valence-corrected chi connectivity index (χ0v) is 10.4. The highest BCUT2D eigenvalue weighted by Gasteiger charge is 2.21. The normalized spacial score (nSPS) is 15.7. The van der Waals surface area contributed by atoms with Gasteiger partial charge in [-0.2, -0.15) is 0 Å². The Morgan fingerprint density at radius 3 is 2.77 bits per heavy atom. The van der Waals surface area contributed by atoms with E-state index >= 15 is 0 Å². The zero-order valence-electron chi connectivity index (χ0n) is 8.01. The average Bonchev–Trinajstić information content (AvgIpc) is 2.35. The maximum atomic E-state index is 10.00. The fourth-order valence-electron chi connectivity index (χ4n) is 1.42. The summed E-state index contributed by atoms with van der Waals surface area (Å²) < 4.78 is 1.12. The van der Waals surface area contributed by atoms with Gasteiger partial charge in [0.1, 0.15) is 0 Å². The van der Waals surface area contributed by atoms with Gasteiger partial charge in [-0.1, -0.05) is 13.3 Å². The highest BCUT2D eigenvalue weighted by Crippen LogP contribution is 2.28. The predicted octanol–water partition coefficient (Wildman–Crippen LogP) is 3.60. The zero-order chi connectivity index (χ0) is 9.90. The molecule has 0 saturated carbocycles. The molecule has 1 heterocycles. The third-order valence-corrected chi connectivity index (χ3v) is 3.95. The van der Waals surface area contributed by atoms with Gasteiger partial charge in [0.25, 0.3) is 0 Å². The molecular weight excluding hydrogens is 248 g/mol. The molecule has 1 unspecified atom stereocenters. The Morgan fingerprint density at radius 2 is 2.31 bits per heavy atom. The highest BCUT2D eigenvalue weighted by molar-refractivity contribution is 9.10. The van der Waals surface area contributed by atoms with Gasteiger partial charge < -0.3 is 5.11 Å². The summed E-state index contributed by atoms with van der Waals surface area (Å²) in [5.41, 5.74) is -0.553. The van der Waals surface area contributed by atoms with Crippen molar-refractivity contribution >= 4 is 27.3 Å². The third-order valence-electron chi connectivity index (χ3n) is 2.02. The standard InChI is InChI=1S/C10H15BrOS/c1-3-5-10(2,12)7-9-8(11)4-6-13-9/h4,6,12H,3,5,7H2,1-2H3. The van der Waals surface area contributed by atoms with Crippen LogP contribution >= 0.6 is 27.3 Å². The third kappa shape index (κ3) is 3.41. The molecule has 0 aromatic carbocycles. The molecule has 0 amide bonds. The summed E-state index contributed by atoms with van der Waals surface area (Å²) in [7, 11) is 0. The van der Waals surface area contributed by atoms with Crippen LogP contribution < -0.4 is 0 Å². The lowest BCUT2D eigenvalue weighted by Crippen LogP contribution is -2.26. The van der Waals surface area contributed by atoms with Gasteiger partial charge in [-0.25, -0.2) is 0 Å². The van der Waals surface area contributed by atoms with Gasteiger partial charge in [-0.3, -0.25) is 0 Å². The largest absolute Gasteiger partial charge is 0.390 e. The van der Waals surface area contributed by atoms with Crippen molar-refractivity contribution in [2.75, 3.05) is 0 Å². The van der Waals surface area contributed by atoms with Crippen molar-refractivity contribution in [3.63, 3.8) is 0 Å². The van der Waals surface area contributed by atoms with Crippen molar-refractivity contribution in [2.24, 2.45) is 0 Å². The smallest absolute Gasteiger partial charge is 0.0668 e. The second kappa shape index (κ2) is 4.58. The van der Waals surface area contributed by atoms with Crippen LogP contribution in [-0.2, 0) is 6.42 Å². The van der Waals surface area contributed by atoms with Crippen LogP contribution in [0.2, 0.25) is 0 Å². The molecule has 3 heteroatoms. The molecule has 1 aromatic rings.